The smallest absolute Gasteiger partial charge is 0.0640 e. The minimum absolute atomic E-state index is 0.341. The molecule has 0 saturated heterocycles. The first-order valence-electron chi connectivity index (χ1n) is 5.85. The molecule has 1 nitrogen and oxygen atoms in total. The molecule has 1 aliphatic rings. The lowest BCUT2D eigenvalue weighted by Gasteiger charge is -2.24. The highest BCUT2D eigenvalue weighted by molar-refractivity contribution is 6.42. The van der Waals surface area contributed by atoms with Crippen molar-refractivity contribution < 1.29 is 0 Å². The lowest BCUT2D eigenvalue weighted by molar-refractivity contribution is 0.390. The lowest BCUT2D eigenvalue weighted by atomic mass is 9.92. The van der Waals surface area contributed by atoms with Gasteiger partial charge in [0.25, 0.3) is 0 Å². The molecule has 0 aliphatic heterocycles. The second kappa shape index (κ2) is 5.39. The van der Waals surface area contributed by atoms with Crippen molar-refractivity contribution in [2.75, 3.05) is 7.05 Å². The summed E-state index contributed by atoms with van der Waals surface area (Å²) < 4.78 is 0. The summed E-state index contributed by atoms with van der Waals surface area (Å²) >= 11 is 12.3. The molecule has 1 N–H and O–H groups in total. The second-order valence-corrected chi connectivity index (χ2v) is 5.24. The van der Waals surface area contributed by atoms with Gasteiger partial charge in [-0.1, -0.05) is 48.2 Å². The third-order valence-corrected chi connectivity index (χ3v) is 4.33. The number of hydrogen-bond acceptors (Lipinski definition) is 1. The van der Waals surface area contributed by atoms with Gasteiger partial charge in [-0.15, -0.1) is 0 Å². The lowest BCUT2D eigenvalue weighted by Crippen LogP contribution is -2.23. The second-order valence-electron chi connectivity index (χ2n) is 4.45. The summed E-state index contributed by atoms with van der Waals surface area (Å²) in [5.74, 6) is 0.695. The van der Waals surface area contributed by atoms with Crippen LogP contribution in [-0.2, 0) is 0 Å². The average molecular weight is 258 g/mol. The Morgan fingerprint density at radius 1 is 1.25 bits per heavy atom. The molecule has 3 heteroatoms. The van der Waals surface area contributed by atoms with Gasteiger partial charge < -0.3 is 5.32 Å². The first-order chi connectivity index (χ1) is 7.74. The van der Waals surface area contributed by atoms with Crippen LogP contribution in [0.3, 0.4) is 0 Å². The molecule has 0 amide bonds. The van der Waals surface area contributed by atoms with Gasteiger partial charge in [-0.25, -0.2) is 0 Å². The van der Waals surface area contributed by atoms with Crippen molar-refractivity contribution in [3.05, 3.63) is 33.8 Å². The standard InChI is InChI=1S/C13H17Cl2N/c1-16-13(9-5-2-3-6-9)10-7-4-8-11(14)12(10)15/h4,7-9,13,16H,2-3,5-6H2,1H3. The summed E-state index contributed by atoms with van der Waals surface area (Å²) in [4.78, 5) is 0. The van der Waals surface area contributed by atoms with E-state index in [-0.39, 0.29) is 0 Å². The van der Waals surface area contributed by atoms with Gasteiger partial charge in [0, 0.05) is 6.04 Å². The Balaban J connectivity index is 2.28. The van der Waals surface area contributed by atoms with Crippen LogP contribution < -0.4 is 5.32 Å². The van der Waals surface area contributed by atoms with Gasteiger partial charge in [0.05, 0.1) is 10.0 Å². The van der Waals surface area contributed by atoms with Crippen LogP contribution in [0.5, 0.6) is 0 Å². The first kappa shape index (κ1) is 12.2. The van der Waals surface area contributed by atoms with Crippen LogP contribution in [0.4, 0.5) is 0 Å². The fourth-order valence-corrected chi connectivity index (χ4v) is 3.12. The van der Waals surface area contributed by atoms with Crippen LogP contribution >= 0.6 is 23.2 Å². The third kappa shape index (κ3) is 2.37. The van der Waals surface area contributed by atoms with Crippen molar-refractivity contribution in [1.82, 2.24) is 5.32 Å². The molecule has 1 aromatic carbocycles. The van der Waals surface area contributed by atoms with E-state index in [4.69, 9.17) is 23.2 Å². The molecule has 0 heterocycles. The Morgan fingerprint density at radius 3 is 2.56 bits per heavy atom. The molecule has 0 bridgehead atoms. The zero-order valence-electron chi connectivity index (χ0n) is 9.47. The van der Waals surface area contributed by atoms with E-state index in [1.54, 1.807) is 0 Å². The normalized spacial score (nSPS) is 18.9. The number of benzene rings is 1. The Kier molecular flexibility index (Phi) is 4.12. The van der Waals surface area contributed by atoms with Crippen LogP contribution in [0.2, 0.25) is 10.0 Å². The highest BCUT2D eigenvalue weighted by Crippen LogP contribution is 2.39. The topological polar surface area (TPSA) is 12.0 Å². The first-order valence-corrected chi connectivity index (χ1v) is 6.61. The Morgan fingerprint density at radius 2 is 1.94 bits per heavy atom. The SMILES string of the molecule is CNC(c1cccc(Cl)c1Cl)C1CCCC1. The maximum Gasteiger partial charge on any atom is 0.0640 e. The predicted molar refractivity (Wildman–Crippen MR) is 70.2 cm³/mol. The molecule has 88 valence electrons. The summed E-state index contributed by atoms with van der Waals surface area (Å²) in [5.41, 5.74) is 1.14. The van der Waals surface area contributed by atoms with Gasteiger partial charge in [-0.2, -0.15) is 0 Å². The van der Waals surface area contributed by atoms with E-state index in [2.05, 4.69) is 11.4 Å². The minimum atomic E-state index is 0.341. The minimum Gasteiger partial charge on any atom is -0.313 e. The molecule has 2 rings (SSSR count). The fourth-order valence-electron chi connectivity index (χ4n) is 2.70. The van der Waals surface area contributed by atoms with Crippen LogP contribution in [0, 0.1) is 5.92 Å². The maximum absolute atomic E-state index is 6.27. The van der Waals surface area contributed by atoms with E-state index in [9.17, 15) is 0 Å². The van der Waals surface area contributed by atoms with E-state index in [1.165, 1.54) is 25.7 Å². The van der Waals surface area contributed by atoms with Gasteiger partial charge in [0.15, 0.2) is 0 Å². The summed E-state index contributed by atoms with van der Waals surface area (Å²) in [5, 5.41) is 4.74. The fraction of sp³-hybridized carbons (Fsp3) is 0.538. The van der Waals surface area contributed by atoms with Crippen LogP contribution in [0.1, 0.15) is 37.3 Å². The third-order valence-electron chi connectivity index (χ3n) is 3.50. The zero-order chi connectivity index (χ0) is 11.5. The molecule has 0 aromatic heterocycles. The molecule has 1 aliphatic carbocycles. The maximum atomic E-state index is 6.27. The monoisotopic (exact) mass is 257 g/mol. The molecule has 16 heavy (non-hydrogen) atoms. The molecule has 1 saturated carbocycles. The van der Waals surface area contributed by atoms with Crippen LogP contribution in [0.25, 0.3) is 0 Å². The Hall–Kier alpha value is -0.240. The Bertz CT molecular complexity index is 359. The molecular weight excluding hydrogens is 241 g/mol. The summed E-state index contributed by atoms with van der Waals surface area (Å²) in [7, 11) is 2.00. The van der Waals surface area contributed by atoms with Crippen LogP contribution in [-0.4, -0.2) is 7.05 Å². The summed E-state index contributed by atoms with van der Waals surface area (Å²) in [6, 6.07) is 6.24. The van der Waals surface area contributed by atoms with Crippen molar-refractivity contribution in [3.63, 3.8) is 0 Å². The zero-order valence-corrected chi connectivity index (χ0v) is 11.0. The molecular formula is C13H17Cl2N. The largest absolute Gasteiger partial charge is 0.313 e. The van der Waals surface area contributed by atoms with Crippen LogP contribution in [0.15, 0.2) is 18.2 Å². The molecule has 0 spiro atoms. The summed E-state index contributed by atoms with van der Waals surface area (Å²) in [6.45, 7) is 0. The van der Waals surface area contributed by atoms with Crippen molar-refractivity contribution in [1.29, 1.82) is 0 Å². The van der Waals surface area contributed by atoms with Crippen molar-refractivity contribution >= 4 is 23.2 Å². The van der Waals surface area contributed by atoms with Gasteiger partial charge >= 0.3 is 0 Å². The van der Waals surface area contributed by atoms with E-state index < -0.39 is 0 Å². The van der Waals surface area contributed by atoms with Gasteiger partial charge in [-0.05, 0) is 37.4 Å². The highest BCUT2D eigenvalue weighted by atomic mass is 35.5. The molecule has 1 unspecified atom stereocenters. The van der Waals surface area contributed by atoms with E-state index >= 15 is 0 Å². The number of hydrogen-bond donors (Lipinski definition) is 1. The molecule has 1 atom stereocenters. The molecule has 0 radical (unpaired) electrons. The quantitative estimate of drug-likeness (QED) is 0.844. The molecule has 1 aromatic rings. The van der Waals surface area contributed by atoms with E-state index in [0.717, 1.165) is 5.56 Å². The molecule has 1 fully saturated rings. The summed E-state index contributed by atoms with van der Waals surface area (Å²) in [6.07, 6.45) is 5.24. The predicted octanol–water partition coefficient (Wildman–Crippen LogP) is 4.44. The van der Waals surface area contributed by atoms with Gasteiger partial charge in [0.2, 0.25) is 0 Å². The number of nitrogens with one attached hydrogen (secondary N) is 1. The average Bonchev–Trinajstić information content (AvgIpc) is 2.79. The highest BCUT2D eigenvalue weighted by Gasteiger charge is 2.26. The Labute approximate surface area is 107 Å². The van der Waals surface area contributed by atoms with Crippen molar-refractivity contribution in [3.8, 4) is 0 Å². The van der Waals surface area contributed by atoms with Gasteiger partial charge in [-0.3, -0.25) is 0 Å². The van der Waals surface area contributed by atoms with Crippen molar-refractivity contribution in [2.45, 2.75) is 31.7 Å². The van der Waals surface area contributed by atoms with Gasteiger partial charge in [0.1, 0.15) is 0 Å². The van der Waals surface area contributed by atoms with E-state index in [1.807, 2.05) is 19.2 Å². The number of rotatable bonds is 3. The number of halogens is 2. The van der Waals surface area contributed by atoms with E-state index in [0.29, 0.717) is 22.0 Å². The van der Waals surface area contributed by atoms with Crippen molar-refractivity contribution in [2.24, 2.45) is 5.92 Å².